The number of carbonyl (C=O) groups excluding carboxylic acids is 1. The van der Waals surface area contributed by atoms with Gasteiger partial charge in [-0.1, -0.05) is 0 Å². The van der Waals surface area contributed by atoms with Crippen molar-refractivity contribution in [3.8, 4) is 0 Å². The van der Waals surface area contributed by atoms with Crippen molar-refractivity contribution in [1.82, 2.24) is 10.3 Å². The number of carbonyl (C=O) groups is 1. The third-order valence-corrected chi connectivity index (χ3v) is 4.38. The van der Waals surface area contributed by atoms with Crippen LogP contribution in [0, 0.1) is 0 Å². The van der Waals surface area contributed by atoms with Crippen LogP contribution in [0.4, 0.5) is 0 Å². The number of aromatic nitrogens is 1. The van der Waals surface area contributed by atoms with Crippen LogP contribution in [-0.4, -0.2) is 36.9 Å². The summed E-state index contributed by atoms with van der Waals surface area (Å²) in [6.07, 6.45) is 2.55. The molecule has 2 N–H and O–H groups in total. The van der Waals surface area contributed by atoms with Gasteiger partial charge in [-0.15, -0.1) is 0 Å². The lowest BCUT2D eigenvalue weighted by atomic mass is 10.2. The highest BCUT2D eigenvalue weighted by Crippen LogP contribution is 2.11. The lowest BCUT2D eigenvalue weighted by Crippen LogP contribution is -2.36. The molecule has 16 heavy (non-hydrogen) atoms. The highest BCUT2D eigenvalue weighted by Gasteiger charge is 2.28. The lowest BCUT2D eigenvalue weighted by molar-refractivity contribution is -0.121. The van der Waals surface area contributed by atoms with Crippen LogP contribution in [0.5, 0.6) is 0 Å². The quantitative estimate of drug-likeness (QED) is 0.774. The molecule has 6 heteroatoms. The van der Waals surface area contributed by atoms with Crippen molar-refractivity contribution in [2.75, 3.05) is 11.5 Å². The first kappa shape index (κ1) is 11.2. The summed E-state index contributed by atoms with van der Waals surface area (Å²) in [6.45, 7) is 0. The maximum Gasteiger partial charge on any atom is 0.226 e. The van der Waals surface area contributed by atoms with Gasteiger partial charge >= 0.3 is 0 Å². The molecule has 2 rings (SSSR count). The van der Waals surface area contributed by atoms with Crippen molar-refractivity contribution in [3.05, 3.63) is 24.0 Å². The smallest absolute Gasteiger partial charge is 0.226 e. The SMILES string of the molecule is O=C(Cc1ccc[nH]1)NC1CCS(=O)(=O)C1. The molecule has 1 fully saturated rings. The molecule has 1 amide bonds. The summed E-state index contributed by atoms with van der Waals surface area (Å²) >= 11 is 0. The zero-order valence-electron chi connectivity index (χ0n) is 8.77. The molecule has 1 atom stereocenters. The largest absolute Gasteiger partial charge is 0.365 e. The van der Waals surface area contributed by atoms with Crippen molar-refractivity contribution in [2.45, 2.75) is 18.9 Å². The van der Waals surface area contributed by atoms with Crippen molar-refractivity contribution in [3.63, 3.8) is 0 Å². The maximum absolute atomic E-state index is 11.6. The van der Waals surface area contributed by atoms with Crippen LogP contribution in [0.15, 0.2) is 18.3 Å². The van der Waals surface area contributed by atoms with Crippen LogP contribution in [0.2, 0.25) is 0 Å². The minimum absolute atomic E-state index is 0.0729. The summed E-state index contributed by atoms with van der Waals surface area (Å²) in [4.78, 5) is 14.5. The van der Waals surface area contributed by atoms with Crippen LogP contribution in [0.3, 0.4) is 0 Å². The number of sulfone groups is 1. The van der Waals surface area contributed by atoms with E-state index in [1.807, 2.05) is 12.1 Å². The molecule has 1 aromatic heterocycles. The van der Waals surface area contributed by atoms with Crippen molar-refractivity contribution >= 4 is 15.7 Å². The molecule has 0 bridgehead atoms. The van der Waals surface area contributed by atoms with Crippen LogP contribution in [0.25, 0.3) is 0 Å². The van der Waals surface area contributed by atoms with Crippen molar-refractivity contribution in [1.29, 1.82) is 0 Å². The summed E-state index contributed by atoms with van der Waals surface area (Å²) in [5.41, 5.74) is 0.832. The van der Waals surface area contributed by atoms with Gasteiger partial charge in [-0.2, -0.15) is 0 Å². The Hall–Kier alpha value is -1.30. The van der Waals surface area contributed by atoms with E-state index in [9.17, 15) is 13.2 Å². The summed E-state index contributed by atoms with van der Waals surface area (Å²) < 4.78 is 22.4. The third-order valence-electron chi connectivity index (χ3n) is 2.61. The van der Waals surface area contributed by atoms with E-state index in [2.05, 4.69) is 10.3 Å². The van der Waals surface area contributed by atoms with Gasteiger partial charge in [0.15, 0.2) is 9.84 Å². The Morgan fingerprint density at radius 1 is 1.56 bits per heavy atom. The Kier molecular flexibility index (Phi) is 3.00. The summed E-state index contributed by atoms with van der Waals surface area (Å²) in [5.74, 6) is 0.119. The Morgan fingerprint density at radius 2 is 2.38 bits per heavy atom. The van der Waals surface area contributed by atoms with Crippen LogP contribution >= 0.6 is 0 Å². The van der Waals surface area contributed by atoms with E-state index < -0.39 is 9.84 Å². The molecule has 5 nitrogen and oxygen atoms in total. The van der Waals surface area contributed by atoms with Gasteiger partial charge < -0.3 is 10.3 Å². The number of amides is 1. The second-order valence-electron chi connectivity index (χ2n) is 4.04. The Labute approximate surface area is 94.2 Å². The van der Waals surface area contributed by atoms with Gasteiger partial charge in [-0.25, -0.2) is 8.42 Å². The fourth-order valence-corrected chi connectivity index (χ4v) is 3.51. The zero-order chi connectivity index (χ0) is 11.6. The predicted molar refractivity (Wildman–Crippen MR) is 59.7 cm³/mol. The van der Waals surface area contributed by atoms with Crippen LogP contribution < -0.4 is 5.32 Å². The molecule has 1 aliphatic heterocycles. The Balaban J connectivity index is 1.85. The van der Waals surface area contributed by atoms with Crippen molar-refractivity contribution < 1.29 is 13.2 Å². The first-order chi connectivity index (χ1) is 7.55. The predicted octanol–water partition coefficient (Wildman–Crippen LogP) is -0.139. The van der Waals surface area contributed by atoms with Crippen LogP contribution in [-0.2, 0) is 21.1 Å². The molecule has 1 saturated heterocycles. The average molecular weight is 242 g/mol. The maximum atomic E-state index is 11.6. The molecule has 0 aromatic carbocycles. The van der Waals surface area contributed by atoms with E-state index >= 15 is 0 Å². The first-order valence-corrected chi connectivity index (χ1v) is 6.99. The minimum Gasteiger partial charge on any atom is -0.365 e. The van der Waals surface area contributed by atoms with E-state index in [-0.39, 0.29) is 29.9 Å². The molecule has 88 valence electrons. The highest BCUT2D eigenvalue weighted by atomic mass is 32.2. The summed E-state index contributed by atoms with van der Waals surface area (Å²) in [7, 11) is -2.93. The first-order valence-electron chi connectivity index (χ1n) is 5.17. The van der Waals surface area contributed by atoms with Gasteiger partial charge in [-0.05, 0) is 18.6 Å². The third kappa shape index (κ3) is 2.85. The van der Waals surface area contributed by atoms with E-state index in [0.29, 0.717) is 6.42 Å². The number of nitrogens with one attached hydrogen (secondary N) is 2. The Morgan fingerprint density at radius 3 is 2.94 bits per heavy atom. The van der Waals surface area contributed by atoms with Gasteiger partial charge in [-0.3, -0.25) is 4.79 Å². The number of H-pyrrole nitrogens is 1. The van der Waals surface area contributed by atoms with Gasteiger partial charge in [0.25, 0.3) is 0 Å². The van der Waals surface area contributed by atoms with Gasteiger partial charge in [0.05, 0.1) is 17.9 Å². The van der Waals surface area contributed by atoms with Gasteiger partial charge in [0.2, 0.25) is 5.91 Å². The topological polar surface area (TPSA) is 79.0 Å². The molecule has 1 unspecified atom stereocenters. The molecule has 0 spiro atoms. The van der Waals surface area contributed by atoms with E-state index in [0.717, 1.165) is 5.69 Å². The summed E-state index contributed by atoms with van der Waals surface area (Å²) in [6, 6.07) is 3.43. The molecular formula is C10H14N2O3S. The molecule has 0 aliphatic carbocycles. The number of rotatable bonds is 3. The zero-order valence-corrected chi connectivity index (χ0v) is 9.59. The van der Waals surface area contributed by atoms with Crippen molar-refractivity contribution in [2.24, 2.45) is 0 Å². The highest BCUT2D eigenvalue weighted by molar-refractivity contribution is 7.91. The minimum atomic E-state index is -2.93. The standard InChI is InChI=1S/C10H14N2O3S/c13-10(6-8-2-1-4-11-8)12-9-3-5-16(14,15)7-9/h1-2,4,9,11H,3,5-7H2,(H,12,13). The van der Waals surface area contributed by atoms with Gasteiger partial charge in [0.1, 0.15) is 0 Å². The Bertz CT molecular complexity index is 464. The monoisotopic (exact) mass is 242 g/mol. The molecule has 1 aromatic rings. The van der Waals surface area contributed by atoms with E-state index in [4.69, 9.17) is 0 Å². The summed E-state index contributed by atoms with van der Waals surface area (Å²) in [5, 5.41) is 2.73. The number of hydrogen-bond donors (Lipinski definition) is 2. The molecular weight excluding hydrogens is 228 g/mol. The molecule has 2 heterocycles. The second kappa shape index (κ2) is 4.29. The molecule has 1 aliphatic rings. The van der Waals surface area contributed by atoms with Crippen LogP contribution in [0.1, 0.15) is 12.1 Å². The van der Waals surface area contributed by atoms with E-state index in [1.54, 1.807) is 6.20 Å². The normalized spacial score (nSPS) is 23.1. The lowest BCUT2D eigenvalue weighted by Gasteiger charge is -2.09. The molecule has 0 radical (unpaired) electrons. The molecule has 0 saturated carbocycles. The average Bonchev–Trinajstić information content (AvgIpc) is 2.76. The fraction of sp³-hybridized carbons (Fsp3) is 0.500. The van der Waals surface area contributed by atoms with Gasteiger partial charge in [0, 0.05) is 17.9 Å². The number of hydrogen-bond acceptors (Lipinski definition) is 3. The fourth-order valence-electron chi connectivity index (χ4n) is 1.84. The second-order valence-corrected chi connectivity index (χ2v) is 6.27. The van der Waals surface area contributed by atoms with E-state index in [1.165, 1.54) is 0 Å². The number of aromatic amines is 1.